The summed E-state index contributed by atoms with van der Waals surface area (Å²) >= 11 is 2.03. The molecule has 0 spiro atoms. The van der Waals surface area contributed by atoms with Gasteiger partial charge >= 0.3 is 0 Å². The molecule has 2 atom stereocenters. The van der Waals surface area contributed by atoms with Crippen LogP contribution in [0.3, 0.4) is 0 Å². The van der Waals surface area contributed by atoms with Crippen molar-refractivity contribution in [2.24, 2.45) is 0 Å². The van der Waals surface area contributed by atoms with Crippen molar-refractivity contribution in [2.75, 3.05) is 5.75 Å². The van der Waals surface area contributed by atoms with Crippen molar-refractivity contribution >= 4 is 11.8 Å². The van der Waals surface area contributed by atoms with Gasteiger partial charge in [-0.25, -0.2) is 0 Å². The first kappa shape index (κ1) is 14.7. The van der Waals surface area contributed by atoms with Gasteiger partial charge in [0.2, 0.25) is 0 Å². The molecule has 0 bridgehead atoms. The number of fused-ring (bicyclic) bond motifs is 1. The largest absolute Gasteiger partial charge is 0.303 e. The molecule has 2 unspecified atom stereocenters. The first-order valence-corrected chi connectivity index (χ1v) is 8.94. The van der Waals surface area contributed by atoms with Gasteiger partial charge in [-0.05, 0) is 35.6 Å². The summed E-state index contributed by atoms with van der Waals surface area (Å²) in [6.45, 7) is 4.47. The van der Waals surface area contributed by atoms with Crippen LogP contribution in [0.5, 0.6) is 0 Å². The lowest BCUT2D eigenvalue weighted by Gasteiger charge is -2.29. The van der Waals surface area contributed by atoms with E-state index >= 15 is 0 Å². The lowest BCUT2D eigenvalue weighted by molar-refractivity contribution is 0.495. The third kappa shape index (κ3) is 3.33. The highest BCUT2D eigenvalue weighted by Crippen LogP contribution is 2.33. The van der Waals surface area contributed by atoms with Gasteiger partial charge < -0.3 is 5.32 Å². The lowest BCUT2D eigenvalue weighted by atomic mass is 9.99. The van der Waals surface area contributed by atoms with Crippen molar-refractivity contribution in [3.63, 3.8) is 0 Å². The molecule has 1 heterocycles. The van der Waals surface area contributed by atoms with Crippen molar-refractivity contribution in [1.82, 2.24) is 5.32 Å². The number of benzene rings is 2. The SMILES string of the molecule is CCc1ccc(C(C)NC2CSCc3ccccc32)cc1. The van der Waals surface area contributed by atoms with E-state index in [1.165, 1.54) is 22.3 Å². The van der Waals surface area contributed by atoms with Gasteiger partial charge in [0, 0.05) is 23.6 Å². The van der Waals surface area contributed by atoms with Crippen LogP contribution in [-0.2, 0) is 12.2 Å². The van der Waals surface area contributed by atoms with Crippen LogP contribution in [0, 0.1) is 0 Å². The number of hydrogen-bond donors (Lipinski definition) is 1. The average Bonchev–Trinajstić information content (AvgIpc) is 2.55. The van der Waals surface area contributed by atoms with Crippen molar-refractivity contribution in [3.8, 4) is 0 Å². The Hall–Kier alpha value is -1.25. The molecule has 0 amide bonds. The summed E-state index contributed by atoms with van der Waals surface area (Å²) < 4.78 is 0. The predicted octanol–water partition coefficient (Wildman–Crippen LogP) is 4.89. The van der Waals surface area contributed by atoms with Crippen LogP contribution in [0.2, 0.25) is 0 Å². The van der Waals surface area contributed by atoms with E-state index in [4.69, 9.17) is 0 Å². The number of thioether (sulfide) groups is 1. The minimum Gasteiger partial charge on any atom is -0.303 e. The number of aryl methyl sites for hydroxylation is 1. The van der Waals surface area contributed by atoms with Crippen molar-refractivity contribution in [3.05, 3.63) is 70.8 Å². The van der Waals surface area contributed by atoms with E-state index in [-0.39, 0.29) is 0 Å². The Balaban J connectivity index is 1.74. The Morgan fingerprint density at radius 1 is 1.14 bits per heavy atom. The van der Waals surface area contributed by atoms with Crippen LogP contribution >= 0.6 is 11.8 Å². The summed E-state index contributed by atoms with van der Waals surface area (Å²) in [5.41, 5.74) is 5.75. The number of hydrogen-bond acceptors (Lipinski definition) is 2. The van der Waals surface area contributed by atoms with Crippen LogP contribution in [0.4, 0.5) is 0 Å². The Bertz CT molecular complexity index is 591. The summed E-state index contributed by atoms with van der Waals surface area (Å²) in [6.07, 6.45) is 1.11. The lowest BCUT2D eigenvalue weighted by Crippen LogP contribution is -2.29. The topological polar surface area (TPSA) is 12.0 Å². The van der Waals surface area contributed by atoms with Gasteiger partial charge in [0.25, 0.3) is 0 Å². The first-order chi connectivity index (χ1) is 10.3. The Morgan fingerprint density at radius 2 is 1.90 bits per heavy atom. The van der Waals surface area contributed by atoms with Crippen LogP contribution < -0.4 is 5.32 Å². The quantitative estimate of drug-likeness (QED) is 0.862. The maximum atomic E-state index is 3.81. The van der Waals surface area contributed by atoms with Gasteiger partial charge in [-0.1, -0.05) is 55.5 Å². The molecular weight excluding hydrogens is 274 g/mol. The average molecular weight is 297 g/mol. The predicted molar refractivity (Wildman–Crippen MR) is 92.7 cm³/mol. The smallest absolute Gasteiger partial charge is 0.0419 e. The minimum absolute atomic E-state index is 0.382. The molecule has 0 saturated heterocycles. The van der Waals surface area contributed by atoms with Gasteiger partial charge in [0.15, 0.2) is 0 Å². The highest BCUT2D eigenvalue weighted by atomic mass is 32.2. The fraction of sp³-hybridized carbons (Fsp3) is 0.368. The highest BCUT2D eigenvalue weighted by molar-refractivity contribution is 7.98. The van der Waals surface area contributed by atoms with E-state index in [1.54, 1.807) is 0 Å². The molecule has 1 aliphatic rings. The summed E-state index contributed by atoms with van der Waals surface area (Å²) in [4.78, 5) is 0. The zero-order chi connectivity index (χ0) is 14.7. The van der Waals surface area contributed by atoms with E-state index in [0.717, 1.165) is 17.9 Å². The molecule has 0 saturated carbocycles. The zero-order valence-corrected chi connectivity index (χ0v) is 13.6. The van der Waals surface area contributed by atoms with Gasteiger partial charge in [-0.15, -0.1) is 0 Å². The fourth-order valence-electron chi connectivity index (χ4n) is 2.96. The molecule has 1 nitrogen and oxygen atoms in total. The third-order valence-electron chi connectivity index (χ3n) is 4.31. The normalized spacial score (nSPS) is 19.0. The molecule has 2 aromatic rings. The molecule has 0 aromatic heterocycles. The summed E-state index contributed by atoms with van der Waals surface area (Å²) in [5.74, 6) is 2.31. The zero-order valence-electron chi connectivity index (χ0n) is 12.8. The summed E-state index contributed by atoms with van der Waals surface area (Å²) in [7, 11) is 0. The minimum atomic E-state index is 0.382. The van der Waals surface area contributed by atoms with Crippen LogP contribution in [0.15, 0.2) is 48.5 Å². The summed E-state index contributed by atoms with van der Waals surface area (Å²) in [6, 6.07) is 18.7. The second kappa shape index (κ2) is 6.67. The maximum Gasteiger partial charge on any atom is 0.0419 e. The first-order valence-electron chi connectivity index (χ1n) is 7.78. The number of rotatable bonds is 4. The molecule has 110 valence electrons. The molecule has 1 N–H and O–H groups in total. The third-order valence-corrected chi connectivity index (χ3v) is 5.40. The molecule has 0 fully saturated rings. The van der Waals surface area contributed by atoms with E-state index in [2.05, 4.69) is 67.7 Å². The molecule has 1 aliphatic heterocycles. The van der Waals surface area contributed by atoms with Crippen molar-refractivity contribution in [2.45, 2.75) is 38.1 Å². The molecular formula is C19H23NS. The van der Waals surface area contributed by atoms with Crippen LogP contribution in [0.1, 0.15) is 48.2 Å². The Labute approximate surface area is 132 Å². The Kier molecular flexibility index (Phi) is 4.67. The molecule has 3 rings (SSSR count). The molecule has 0 radical (unpaired) electrons. The van der Waals surface area contributed by atoms with Gasteiger partial charge in [0.05, 0.1) is 0 Å². The van der Waals surface area contributed by atoms with Gasteiger partial charge in [0.1, 0.15) is 0 Å². The second-order valence-corrected chi connectivity index (χ2v) is 6.78. The second-order valence-electron chi connectivity index (χ2n) is 5.75. The van der Waals surface area contributed by atoms with E-state index in [9.17, 15) is 0 Å². The maximum absolute atomic E-state index is 3.81. The Morgan fingerprint density at radius 3 is 2.67 bits per heavy atom. The van der Waals surface area contributed by atoms with Crippen LogP contribution in [0.25, 0.3) is 0 Å². The van der Waals surface area contributed by atoms with Crippen molar-refractivity contribution < 1.29 is 0 Å². The van der Waals surface area contributed by atoms with Gasteiger partial charge in [-0.2, -0.15) is 11.8 Å². The molecule has 0 aliphatic carbocycles. The monoisotopic (exact) mass is 297 g/mol. The number of nitrogens with one attached hydrogen (secondary N) is 1. The molecule has 2 aromatic carbocycles. The fourth-order valence-corrected chi connectivity index (χ4v) is 4.07. The van der Waals surface area contributed by atoms with Gasteiger partial charge in [-0.3, -0.25) is 0 Å². The van der Waals surface area contributed by atoms with Crippen molar-refractivity contribution in [1.29, 1.82) is 0 Å². The highest BCUT2D eigenvalue weighted by Gasteiger charge is 2.21. The standard InChI is InChI=1S/C19H23NS/c1-3-15-8-10-16(11-9-15)14(2)20-19-13-21-12-17-6-4-5-7-18(17)19/h4-11,14,19-20H,3,12-13H2,1-2H3. The molecule has 2 heteroatoms. The van der Waals surface area contributed by atoms with E-state index in [0.29, 0.717) is 12.1 Å². The van der Waals surface area contributed by atoms with Crippen LogP contribution in [-0.4, -0.2) is 5.75 Å². The molecule has 21 heavy (non-hydrogen) atoms. The van der Waals surface area contributed by atoms with E-state index in [1.807, 2.05) is 11.8 Å². The summed E-state index contributed by atoms with van der Waals surface area (Å²) in [5, 5.41) is 3.81. The van der Waals surface area contributed by atoms with E-state index < -0.39 is 0 Å².